The molecule has 0 saturated heterocycles. The van der Waals surface area contributed by atoms with Gasteiger partial charge in [-0.3, -0.25) is 0 Å². The van der Waals surface area contributed by atoms with E-state index in [-0.39, 0.29) is 0 Å². The third kappa shape index (κ3) is 1.83. The molecule has 2 fully saturated rings. The number of aryl methyl sites for hydroxylation is 1. The number of hydrogen-bond donors (Lipinski definition) is 0. The maximum Gasteiger partial charge on any atom is 0.152 e. The fourth-order valence-corrected chi connectivity index (χ4v) is 4.35. The summed E-state index contributed by atoms with van der Waals surface area (Å²) >= 11 is 3.63. The summed E-state index contributed by atoms with van der Waals surface area (Å²) < 4.78 is 0. The smallest absolute Gasteiger partial charge is 0.152 e. The van der Waals surface area contributed by atoms with Crippen LogP contribution in [-0.4, -0.2) is 9.97 Å². The summed E-state index contributed by atoms with van der Waals surface area (Å²) in [6, 6.07) is 0. The normalized spacial score (nSPS) is 19.8. The zero-order valence-electron chi connectivity index (χ0n) is 9.77. The second-order valence-corrected chi connectivity index (χ2v) is 6.98. The first-order chi connectivity index (χ1) is 8.31. The second kappa shape index (κ2) is 3.62. The quantitative estimate of drug-likeness (QED) is 0.822. The molecular formula is C13H14N2S2. The van der Waals surface area contributed by atoms with Crippen LogP contribution in [-0.2, 0) is 0 Å². The van der Waals surface area contributed by atoms with E-state index in [1.165, 1.54) is 41.9 Å². The molecule has 0 aromatic carbocycles. The molecule has 0 unspecified atom stereocenters. The van der Waals surface area contributed by atoms with Gasteiger partial charge in [-0.15, -0.1) is 22.7 Å². The summed E-state index contributed by atoms with van der Waals surface area (Å²) in [6.07, 6.45) is 5.36. The van der Waals surface area contributed by atoms with Gasteiger partial charge in [0, 0.05) is 16.2 Å². The van der Waals surface area contributed by atoms with Crippen LogP contribution in [0.5, 0.6) is 0 Å². The van der Waals surface area contributed by atoms with Crippen LogP contribution in [0.3, 0.4) is 0 Å². The van der Waals surface area contributed by atoms with Crippen molar-refractivity contribution < 1.29 is 0 Å². The first kappa shape index (κ1) is 10.2. The number of nitrogens with zero attached hydrogens (tertiary/aromatic N) is 2. The van der Waals surface area contributed by atoms with Crippen LogP contribution in [0.2, 0.25) is 0 Å². The Morgan fingerprint density at radius 3 is 2.53 bits per heavy atom. The van der Waals surface area contributed by atoms with Gasteiger partial charge in [-0.1, -0.05) is 0 Å². The van der Waals surface area contributed by atoms with Gasteiger partial charge in [-0.25, -0.2) is 9.97 Å². The Morgan fingerprint density at radius 1 is 1.06 bits per heavy atom. The van der Waals surface area contributed by atoms with Gasteiger partial charge in [0.25, 0.3) is 0 Å². The van der Waals surface area contributed by atoms with Crippen LogP contribution in [0.4, 0.5) is 0 Å². The van der Waals surface area contributed by atoms with Crippen LogP contribution in [0, 0.1) is 6.92 Å². The zero-order valence-corrected chi connectivity index (χ0v) is 11.4. The van der Waals surface area contributed by atoms with E-state index >= 15 is 0 Å². The fourth-order valence-electron chi connectivity index (χ4n) is 2.17. The highest BCUT2D eigenvalue weighted by molar-refractivity contribution is 7.20. The predicted octanol–water partition coefficient (Wildman–Crippen LogP) is 4.33. The lowest BCUT2D eigenvalue weighted by atomic mass is 10.3. The summed E-state index contributed by atoms with van der Waals surface area (Å²) in [5, 5.41) is 4.49. The van der Waals surface area contributed by atoms with Crippen molar-refractivity contribution in [2.24, 2.45) is 0 Å². The Bertz CT molecular complexity index is 562. The topological polar surface area (TPSA) is 25.8 Å². The zero-order chi connectivity index (χ0) is 11.4. The Morgan fingerprint density at radius 2 is 1.82 bits per heavy atom. The molecule has 2 saturated carbocycles. The lowest BCUT2D eigenvalue weighted by Crippen LogP contribution is -1.80. The molecule has 0 amide bonds. The number of hydrogen-bond acceptors (Lipinski definition) is 4. The van der Waals surface area contributed by atoms with Crippen LogP contribution >= 0.6 is 22.7 Å². The highest BCUT2D eigenvalue weighted by Gasteiger charge is 2.30. The molecule has 2 aromatic rings. The largest absolute Gasteiger partial charge is 0.239 e. The lowest BCUT2D eigenvalue weighted by molar-refractivity contribution is 1.05. The van der Waals surface area contributed by atoms with Crippen molar-refractivity contribution in [2.75, 3.05) is 0 Å². The van der Waals surface area contributed by atoms with Gasteiger partial charge in [0.15, 0.2) is 10.0 Å². The van der Waals surface area contributed by atoms with Crippen molar-refractivity contribution in [1.29, 1.82) is 0 Å². The fraction of sp³-hybridized carbons (Fsp3) is 0.538. The molecule has 0 bridgehead atoms. The van der Waals surface area contributed by atoms with Gasteiger partial charge >= 0.3 is 0 Å². The predicted molar refractivity (Wildman–Crippen MR) is 71.9 cm³/mol. The maximum atomic E-state index is 4.74. The van der Waals surface area contributed by atoms with E-state index in [1.54, 1.807) is 11.3 Å². The summed E-state index contributed by atoms with van der Waals surface area (Å²) in [5.41, 5.74) is 2.53. The summed E-state index contributed by atoms with van der Waals surface area (Å²) in [4.78, 5) is 10.9. The Kier molecular flexibility index (Phi) is 2.18. The van der Waals surface area contributed by atoms with E-state index in [0.717, 1.165) is 21.9 Å². The number of aromatic nitrogens is 2. The first-order valence-electron chi connectivity index (χ1n) is 6.24. The molecule has 0 spiro atoms. The Balaban J connectivity index is 1.69. The molecule has 0 radical (unpaired) electrons. The molecule has 0 N–H and O–H groups in total. The Labute approximate surface area is 109 Å². The van der Waals surface area contributed by atoms with E-state index in [2.05, 4.69) is 12.3 Å². The van der Waals surface area contributed by atoms with Crippen molar-refractivity contribution >= 4 is 22.7 Å². The number of thiazole rings is 2. The molecule has 0 aliphatic heterocycles. The molecule has 2 heterocycles. The molecule has 2 aromatic heterocycles. The average molecular weight is 262 g/mol. The maximum absolute atomic E-state index is 4.74. The first-order valence-corrected chi connectivity index (χ1v) is 7.94. The van der Waals surface area contributed by atoms with E-state index < -0.39 is 0 Å². The molecule has 2 nitrogen and oxygen atoms in total. The third-order valence-electron chi connectivity index (χ3n) is 3.48. The van der Waals surface area contributed by atoms with Crippen molar-refractivity contribution in [3.8, 4) is 10.0 Å². The minimum Gasteiger partial charge on any atom is -0.239 e. The molecule has 17 heavy (non-hydrogen) atoms. The van der Waals surface area contributed by atoms with Gasteiger partial charge in [-0.2, -0.15) is 0 Å². The molecule has 2 aliphatic carbocycles. The summed E-state index contributed by atoms with van der Waals surface area (Å²) in [5.74, 6) is 1.56. The van der Waals surface area contributed by atoms with Crippen molar-refractivity contribution in [1.82, 2.24) is 9.97 Å². The summed E-state index contributed by atoms with van der Waals surface area (Å²) in [7, 11) is 0. The van der Waals surface area contributed by atoms with Crippen LogP contribution in [0.1, 0.15) is 53.8 Å². The molecule has 88 valence electrons. The summed E-state index contributed by atoms with van der Waals surface area (Å²) in [6.45, 7) is 2.14. The van der Waals surface area contributed by atoms with Crippen LogP contribution in [0.15, 0.2) is 5.38 Å². The number of rotatable bonds is 3. The standard InChI is InChI=1S/C13H14N2S2/c1-7-11(9-4-5-9)17-13(14-7)12-15-10(6-16-12)8-2-3-8/h6,8-9H,2-5H2,1H3. The van der Waals surface area contributed by atoms with E-state index in [4.69, 9.17) is 9.97 Å². The molecule has 4 rings (SSSR count). The van der Waals surface area contributed by atoms with E-state index in [0.29, 0.717) is 0 Å². The SMILES string of the molecule is Cc1nc(-c2nc(C3CC3)cs2)sc1C1CC1. The Hall–Kier alpha value is -0.740. The van der Waals surface area contributed by atoms with Gasteiger partial charge in [-0.05, 0) is 38.5 Å². The molecule has 4 heteroatoms. The molecule has 0 atom stereocenters. The van der Waals surface area contributed by atoms with Crippen LogP contribution < -0.4 is 0 Å². The van der Waals surface area contributed by atoms with Gasteiger partial charge in [0.05, 0.1) is 11.4 Å². The van der Waals surface area contributed by atoms with E-state index in [1.807, 2.05) is 11.3 Å². The van der Waals surface area contributed by atoms with Gasteiger partial charge in [0.2, 0.25) is 0 Å². The monoisotopic (exact) mass is 262 g/mol. The van der Waals surface area contributed by atoms with Crippen molar-refractivity contribution in [3.63, 3.8) is 0 Å². The minimum absolute atomic E-state index is 0.754. The molecule has 2 aliphatic rings. The van der Waals surface area contributed by atoms with Gasteiger partial charge < -0.3 is 0 Å². The average Bonchev–Trinajstić information content (AvgIpc) is 3.24. The third-order valence-corrected chi connectivity index (χ3v) is 5.80. The van der Waals surface area contributed by atoms with Crippen LogP contribution in [0.25, 0.3) is 10.0 Å². The second-order valence-electron chi connectivity index (χ2n) is 5.09. The van der Waals surface area contributed by atoms with Gasteiger partial charge in [0.1, 0.15) is 0 Å². The molecular weight excluding hydrogens is 248 g/mol. The van der Waals surface area contributed by atoms with E-state index in [9.17, 15) is 0 Å². The van der Waals surface area contributed by atoms with Crippen molar-refractivity contribution in [3.05, 3.63) is 21.6 Å². The van der Waals surface area contributed by atoms with Crippen molar-refractivity contribution in [2.45, 2.75) is 44.4 Å². The highest BCUT2D eigenvalue weighted by Crippen LogP contribution is 2.47. The minimum atomic E-state index is 0.754. The lowest BCUT2D eigenvalue weighted by Gasteiger charge is -1.88. The highest BCUT2D eigenvalue weighted by atomic mass is 32.1.